The Hall–Kier alpha value is -2.20. The van der Waals surface area contributed by atoms with Gasteiger partial charge in [0.1, 0.15) is 5.52 Å². The molecule has 0 fully saturated rings. The van der Waals surface area contributed by atoms with Gasteiger partial charge in [-0.15, -0.1) is 0 Å². The Morgan fingerprint density at radius 2 is 1.82 bits per heavy atom. The van der Waals surface area contributed by atoms with Gasteiger partial charge in [-0.05, 0) is 5.56 Å². The third-order valence-corrected chi connectivity index (χ3v) is 2.80. The van der Waals surface area contributed by atoms with Crippen LogP contribution in [0, 0.1) is 0 Å². The van der Waals surface area contributed by atoms with Gasteiger partial charge in [-0.3, -0.25) is 4.98 Å². The molecule has 0 spiro atoms. The zero-order valence-electron chi connectivity index (χ0n) is 9.22. The maximum absolute atomic E-state index is 5.81. The fourth-order valence-corrected chi connectivity index (χ4v) is 2.01. The van der Waals surface area contributed by atoms with Crippen LogP contribution in [0.5, 0.6) is 0 Å². The van der Waals surface area contributed by atoms with Crippen LogP contribution in [0.3, 0.4) is 0 Å². The molecule has 3 aromatic rings. The topological polar surface area (TPSA) is 67.6 Å². The lowest BCUT2D eigenvalue weighted by atomic mass is 10.1. The first-order valence-corrected chi connectivity index (χ1v) is 5.47. The second-order valence-electron chi connectivity index (χ2n) is 3.80. The number of H-pyrrole nitrogens is 1. The van der Waals surface area contributed by atoms with Crippen molar-refractivity contribution in [3.05, 3.63) is 48.3 Å². The minimum atomic E-state index is 0.447. The van der Waals surface area contributed by atoms with Crippen LogP contribution in [0.2, 0.25) is 0 Å². The van der Waals surface area contributed by atoms with Crippen molar-refractivity contribution < 1.29 is 0 Å². The predicted molar refractivity (Wildman–Crippen MR) is 67.2 cm³/mol. The summed E-state index contributed by atoms with van der Waals surface area (Å²) in [6.45, 7) is 0.447. The molecule has 3 N–H and O–H groups in total. The summed E-state index contributed by atoms with van der Waals surface area (Å²) in [7, 11) is 0. The van der Waals surface area contributed by atoms with Gasteiger partial charge in [0.2, 0.25) is 0 Å². The van der Waals surface area contributed by atoms with E-state index in [2.05, 4.69) is 15.0 Å². The molecule has 0 aliphatic carbocycles. The lowest BCUT2D eigenvalue weighted by Gasteiger charge is -2.01. The summed E-state index contributed by atoms with van der Waals surface area (Å²) in [4.78, 5) is 11.9. The van der Waals surface area contributed by atoms with Crippen molar-refractivity contribution in [2.24, 2.45) is 5.73 Å². The summed E-state index contributed by atoms with van der Waals surface area (Å²) in [5.41, 5.74) is 10.6. The molecule has 2 heterocycles. The third kappa shape index (κ3) is 1.59. The second kappa shape index (κ2) is 3.99. The molecule has 84 valence electrons. The molecule has 0 saturated heterocycles. The normalized spacial score (nSPS) is 10.9. The van der Waals surface area contributed by atoms with Crippen LogP contribution in [-0.2, 0) is 6.54 Å². The van der Waals surface area contributed by atoms with E-state index in [1.54, 1.807) is 12.4 Å². The van der Waals surface area contributed by atoms with Gasteiger partial charge in [-0.25, -0.2) is 4.98 Å². The number of nitrogens with one attached hydrogen (secondary N) is 1. The minimum absolute atomic E-state index is 0.447. The minimum Gasteiger partial charge on any atom is -0.338 e. The highest BCUT2D eigenvalue weighted by atomic mass is 14.9. The Morgan fingerprint density at radius 1 is 1.06 bits per heavy atom. The van der Waals surface area contributed by atoms with Crippen molar-refractivity contribution in [1.29, 1.82) is 0 Å². The molecule has 0 atom stereocenters. The van der Waals surface area contributed by atoms with Gasteiger partial charge in [0.25, 0.3) is 0 Å². The molecule has 17 heavy (non-hydrogen) atoms. The van der Waals surface area contributed by atoms with E-state index in [1.807, 2.05) is 30.3 Å². The van der Waals surface area contributed by atoms with Crippen molar-refractivity contribution in [2.45, 2.75) is 6.54 Å². The lowest BCUT2D eigenvalue weighted by Crippen LogP contribution is -1.98. The number of nitrogens with two attached hydrogens (primary N) is 1. The quantitative estimate of drug-likeness (QED) is 0.700. The van der Waals surface area contributed by atoms with Crippen molar-refractivity contribution in [1.82, 2.24) is 15.0 Å². The number of fused-ring (bicyclic) bond motifs is 1. The van der Waals surface area contributed by atoms with E-state index < -0.39 is 0 Å². The number of aromatic nitrogens is 3. The molecule has 0 aliphatic heterocycles. The van der Waals surface area contributed by atoms with Crippen LogP contribution in [0.25, 0.3) is 22.4 Å². The van der Waals surface area contributed by atoms with E-state index in [1.165, 1.54) is 0 Å². The number of hydrogen-bond donors (Lipinski definition) is 2. The third-order valence-electron chi connectivity index (χ3n) is 2.80. The van der Waals surface area contributed by atoms with Crippen LogP contribution < -0.4 is 5.73 Å². The summed E-state index contributed by atoms with van der Waals surface area (Å²) >= 11 is 0. The Morgan fingerprint density at radius 3 is 2.59 bits per heavy atom. The molecule has 0 bridgehead atoms. The molecule has 0 amide bonds. The van der Waals surface area contributed by atoms with E-state index in [4.69, 9.17) is 5.73 Å². The molecule has 2 aromatic heterocycles. The number of aromatic amines is 1. The number of benzene rings is 1. The molecule has 0 unspecified atom stereocenters. The molecular formula is C13H12N4. The maximum Gasteiger partial charge on any atom is 0.156 e. The molecule has 4 heteroatoms. The largest absolute Gasteiger partial charge is 0.338 e. The van der Waals surface area contributed by atoms with Crippen LogP contribution >= 0.6 is 0 Å². The zero-order valence-corrected chi connectivity index (χ0v) is 9.22. The van der Waals surface area contributed by atoms with E-state index in [0.717, 1.165) is 28.0 Å². The highest BCUT2D eigenvalue weighted by molar-refractivity contribution is 5.85. The van der Waals surface area contributed by atoms with E-state index >= 15 is 0 Å². The first kappa shape index (κ1) is 9.99. The molecule has 0 radical (unpaired) electrons. The molecule has 4 nitrogen and oxygen atoms in total. The van der Waals surface area contributed by atoms with Gasteiger partial charge in [0.15, 0.2) is 5.65 Å². The Balaban J connectivity index is 2.30. The van der Waals surface area contributed by atoms with Crippen LogP contribution in [0.1, 0.15) is 5.56 Å². The van der Waals surface area contributed by atoms with Crippen molar-refractivity contribution in [3.63, 3.8) is 0 Å². The number of rotatable bonds is 2. The number of hydrogen-bond acceptors (Lipinski definition) is 3. The molecule has 3 rings (SSSR count). The van der Waals surface area contributed by atoms with Gasteiger partial charge < -0.3 is 10.7 Å². The standard InChI is InChI=1S/C13H12N4/c14-8-10-11(9-4-2-1-3-5-9)17-13-12(10)15-6-7-16-13/h1-7H,8,14H2,(H,16,17). The van der Waals surface area contributed by atoms with Gasteiger partial charge in [-0.2, -0.15) is 0 Å². The summed E-state index contributed by atoms with van der Waals surface area (Å²) in [6.07, 6.45) is 3.36. The molecule has 0 aliphatic rings. The highest BCUT2D eigenvalue weighted by Gasteiger charge is 2.12. The SMILES string of the molecule is NCc1c(-c2ccccc2)[nH]c2nccnc12. The predicted octanol–water partition coefficient (Wildman–Crippen LogP) is 2.08. The average molecular weight is 224 g/mol. The van der Waals surface area contributed by atoms with Crippen LogP contribution in [0.4, 0.5) is 0 Å². The first-order valence-electron chi connectivity index (χ1n) is 5.47. The van der Waals surface area contributed by atoms with Crippen molar-refractivity contribution in [2.75, 3.05) is 0 Å². The summed E-state index contributed by atoms with van der Waals surface area (Å²) in [5, 5.41) is 0. The zero-order chi connectivity index (χ0) is 11.7. The fraction of sp³-hybridized carbons (Fsp3) is 0.0769. The maximum atomic E-state index is 5.81. The van der Waals surface area contributed by atoms with Gasteiger partial charge in [0, 0.05) is 24.5 Å². The Bertz CT molecular complexity index is 643. The summed E-state index contributed by atoms with van der Waals surface area (Å²) < 4.78 is 0. The van der Waals surface area contributed by atoms with Gasteiger partial charge in [-0.1, -0.05) is 30.3 Å². The average Bonchev–Trinajstić information content (AvgIpc) is 2.78. The van der Waals surface area contributed by atoms with Crippen LogP contribution in [-0.4, -0.2) is 15.0 Å². The lowest BCUT2D eigenvalue weighted by molar-refractivity contribution is 1.08. The Labute approximate surface area is 98.5 Å². The number of nitrogens with zero attached hydrogens (tertiary/aromatic N) is 2. The Kier molecular flexibility index (Phi) is 2.34. The van der Waals surface area contributed by atoms with E-state index in [-0.39, 0.29) is 0 Å². The second-order valence-corrected chi connectivity index (χ2v) is 3.80. The fourth-order valence-electron chi connectivity index (χ4n) is 2.01. The summed E-state index contributed by atoms with van der Waals surface area (Å²) in [6, 6.07) is 10.1. The highest BCUT2D eigenvalue weighted by Crippen LogP contribution is 2.27. The molecular weight excluding hydrogens is 212 g/mol. The van der Waals surface area contributed by atoms with E-state index in [0.29, 0.717) is 6.54 Å². The summed E-state index contributed by atoms with van der Waals surface area (Å²) in [5.74, 6) is 0. The van der Waals surface area contributed by atoms with Crippen LogP contribution in [0.15, 0.2) is 42.7 Å². The molecule has 1 aromatic carbocycles. The monoisotopic (exact) mass is 224 g/mol. The smallest absolute Gasteiger partial charge is 0.156 e. The first-order chi connectivity index (χ1) is 8.40. The van der Waals surface area contributed by atoms with Crippen molar-refractivity contribution in [3.8, 4) is 11.3 Å². The van der Waals surface area contributed by atoms with Crippen molar-refractivity contribution >= 4 is 11.2 Å². The van der Waals surface area contributed by atoms with Gasteiger partial charge >= 0.3 is 0 Å². The van der Waals surface area contributed by atoms with Gasteiger partial charge in [0.05, 0.1) is 5.69 Å². The molecule has 0 saturated carbocycles. The van der Waals surface area contributed by atoms with E-state index in [9.17, 15) is 0 Å².